The Morgan fingerprint density at radius 3 is 2.55 bits per heavy atom. The lowest BCUT2D eigenvalue weighted by molar-refractivity contribution is -0.137. The van der Waals surface area contributed by atoms with E-state index in [0.29, 0.717) is 24.5 Å². The minimum absolute atomic E-state index is 0.100. The monoisotopic (exact) mass is 426 g/mol. The summed E-state index contributed by atoms with van der Waals surface area (Å²) in [6, 6.07) is 12.0. The normalized spacial score (nSPS) is 17.5. The zero-order chi connectivity index (χ0) is 22.0. The molecule has 0 saturated carbocycles. The van der Waals surface area contributed by atoms with Gasteiger partial charge in [0.1, 0.15) is 5.82 Å². The Morgan fingerprint density at radius 2 is 1.94 bits per heavy atom. The van der Waals surface area contributed by atoms with Gasteiger partial charge in [-0.3, -0.25) is 10.00 Å². The van der Waals surface area contributed by atoms with Gasteiger partial charge in [0.05, 0.1) is 22.9 Å². The molecule has 31 heavy (non-hydrogen) atoms. The van der Waals surface area contributed by atoms with E-state index >= 15 is 0 Å². The van der Waals surface area contributed by atoms with Gasteiger partial charge in [-0.05, 0) is 31.2 Å². The standard InChI is InChI=1S/C22H21F3N6/c1-15-13-30(8-9-31(15)20-7-6-19(12-27-20)22(23,24)25)14-18-11-28-29-21(18)17-4-2-16(10-26)3-5-17/h2-7,11-12,15H,8-9,13-14H2,1H3,(H,28,29). The maximum Gasteiger partial charge on any atom is 0.417 e. The number of aromatic nitrogens is 3. The quantitative estimate of drug-likeness (QED) is 0.681. The van der Waals surface area contributed by atoms with Crippen LogP contribution in [0.2, 0.25) is 0 Å². The van der Waals surface area contributed by atoms with E-state index < -0.39 is 11.7 Å². The fraction of sp³-hybridized carbons (Fsp3) is 0.318. The molecule has 6 nitrogen and oxygen atoms in total. The zero-order valence-electron chi connectivity index (χ0n) is 16.9. The third-order valence-corrected chi connectivity index (χ3v) is 5.48. The number of rotatable bonds is 4. The molecule has 1 atom stereocenters. The number of benzene rings is 1. The van der Waals surface area contributed by atoms with Crippen molar-refractivity contribution in [3.05, 3.63) is 65.5 Å². The fourth-order valence-electron chi connectivity index (χ4n) is 3.87. The Labute approximate surface area is 177 Å². The molecule has 0 aliphatic carbocycles. The predicted molar refractivity (Wildman–Crippen MR) is 110 cm³/mol. The molecule has 2 aromatic heterocycles. The zero-order valence-corrected chi connectivity index (χ0v) is 16.9. The minimum Gasteiger partial charge on any atom is -0.351 e. The lowest BCUT2D eigenvalue weighted by atomic mass is 10.1. The van der Waals surface area contributed by atoms with Gasteiger partial charge in [0, 0.05) is 55.7 Å². The maximum absolute atomic E-state index is 12.8. The number of alkyl halides is 3. The Morgan fingerprint density at radius 1 is 1.16 bits per heavy atom. The molecule has 0 radical (unpaired) electrons. The highest BCUT2D eigenvalue weighted by atomic mass is 19.4. The molecular formula is C22H21F3N6. The van der Waals surface area contributed by atoms with Crippen molar-refractivity contribution in [1.82, 2.24) is 20.1 Å². The number of piperazine rings is 1. The summed E-state index contributed by atoms with van der Waals surface area (Å²) in [6.07, 6.45) is -1.61. The molecule has 0 amide bonds. The van der Waals surface area contributed by atoms with E-state index in [2.05, 4.69) is 26.2 Å². The van der Waals surface area contributed by atoms with Crippen LogP contribution in [0.3, 0.4) is 0 Å². The van der Waals surface area contributed by atoms with Crippen molar-refractivity contribution in [2.75, 3.05) is 24.5 Å². The molecule has 1 fully saturated rings. The number of nitrogens with one attached hydrogen (secondary N) is 1. The van der Waals surface area contributed by atoms with Crippen LogP contribution < -0.4 is 4.90 Å². The van der Waals surface area contributed by atoms with Gasteiger partial charge < -0.3 is 4.90 Å². The molecule has 1 unspecified atom stereocenters. The molecule has 160 valence electrons. The number of hydrogen-bond donors (Lipinski definition) is 1. The lowest BCUT2D eigenvalue weighted by Crippen LogP contribution is -2.51. The van der Waals surface area contributed by atoms with E-state index in [0.717, 1.165) is 42.2 Å². The van der Waals surface area contributed by atoms with Gasteiger partial charge in [-0.1, -0.05) is 12.1 Å². The SMILES string of the molecule is CC1CN(Cc2c[nH]nc2-c2ccc(C#N)cc2)CCN1c1ccc(C(F)(F)F)cn1. The number of pyridine rings is 1. The van der Waals surface area contributed by atoms with Crippen LogP contribution in [0, 0.1) is 11.3 Å². The van der Waals surface area contributed by atoms with Crippen LogP contribution in [0.4, 0.5) is 19.0 Å². The van der Waals surface area contributed by atoms with Crippen molar-refractivity contribution in [2.24, 2.45) is 0 Å². The third-order valence-electron chi connectivity index (χ3n) is 5.48. The summed E-state index contributed by atoms with van der Waals surface area (Å²) in [6.45, 7) is 4.92. The highest BCUT2D eigenvalue weighted by Gasteiger charge is 2.31. The Hall–Kier alpha value is -3.38. The molecule has 3 aromatic rings. The van der Waals surface area contributed by atoms with Crippen molar-refractivity contribution < 1.29 is 13.2 Å². The topological polar surface area (TPSA) is 71.8 Å². The highest BCUT2D eigenvalue weighted by Crippen LogP contribution is 2.30. The molecule has 1 aliphatic heterocycles. The summed E-state index contributed by atoms with van der Waals surface area (Å²) in [5.74, 6) is 0.557. The van der Waals surface area contributed by atoms with E-state index in [9.17, 15) is 13.2 Å². The van der Waals surface area contributed by atoms with Gasteiger partial charge in [-0.2, -0.15) is 23.5 Å². The van der Waals surface area contributed by atoms with Crippen molar-refractivity contribution >= 4 is 5.82 Å². The average Bonchev–Trinajstić information content (AvgIpc) is 3.21. The third kappa shape index (κ3) is 4.54. The van der Waals surface area contributed by atoms with Gasteiger partial charge in [-0.25, -0.2) is 4.98 Å². The first-order valence-electron chi connectivity index (χ1n) is 9.90. The van der Waals surface area contributed by atoms with Crippen molar-refractivity contribution in [1.29, 1.82) is 5.26 Å². The smallest absolute Gasteiger partial charge is 0.351 e. The summed E-state index contributed by atoms with van der Waals surface area (Å²) >= 11 is 0. The molecule has 3 heterocycles. The van der Waals surface area contributed by atoms with Gasteiger partial charge in [-0.15, -0.1) is 0 Å². The number of anilines is 1. The first-order valence-corrected chi connectivity index (χ1v) is 9.90. The molecule has 1 N–H and O–H groups in total. The van der Waals surface area contributed by atoms with Gasteiger partial charge >= 0.3 is 6.18 Å². The first-order chi connectivity index (χ1) is 14.8. The molecule has 0 bridgehead atoms. The summed E-state index contributed by atoms with van der Waals surface area (Å²) in [7, 11) is 0. The Balaban J connectivity index is 1.42. The van der Waals surface area contributed by atoms with Crippen LogP contribution in [-0.2, 0) is 12.7 Å². The second-order valence-electron chi connectivity index (χ2n) is 7.63. The van der Waals surface area contributed by atoms with E-state index in [-0.39, 0.29) is 6.04 Å². The molecule has 9 heteroatoms. The van der Waals surface area contributed by atoms with Gasteiger partial charge in [0.2, 0.25) is 0 Å². The number of nitrogens with zero attached hydrogens (tertiary/aromatic N) is 5. The largest absolute Gasteiger partial charge is 0.417 e. The van der Waals surface area contributed by atoms with E-state index in [4.69, 9.17) is 5.26 Å². The number of hydrogen-bond acceptors (Lipinski definition) is 5. The van der Waals surface area contributed by atoms with Crippen LogP contribution in [0.15, 0.2) is 48.8 Å². The van der Waals surface area contributed by atoms with Gasteiger partial charge in [0.15, 0.2) is 0 Å². The molecule has 0 spiro atoms. The molecular weight excluding hydrogens is 405 g/mol. The second-order valence-corrected chi connectivity index (χ2v) is 7.63. The van der Waals surface area contributed by atoms with E-state index in [1.165, 1.54) is 6.07 Å². The number of halogens is 3. The Bertz CT molecular complexity index is 1070. The Kier molecular flexibility index (Phi) is 5.65. The van der Waals surface area contributed by atoms with Crippen LogP contribution in [0.5, 0.6) is 0 Å². The minimum atomic E-state index is -4.38. The maximum atomic E-state index is 12.8. The molecule has 1 saturated heterocycles. The summed E-state index contributed by atoms with van der Waals surface area (Å²) in [4.78, 5) is 8.37. The summed E-state index contributed by atoms with van der Waals surface area (Å²) < 4.78 is 38.3. The fourth-order valence-corrected chi connectivity index (χ4v) is 3.87. The van der Waals surface area contributed by atoms with Crippen LogP contribution >= 0.6 is 0 Å². The molecule has 4 rings (SSSR count). The van der Waals surface area contributed by atoms with Crippen molar-refractivity contribution in [2.45, 2.75) is 25.7 Å². The summed E-state index contributed by atoms with van der Waals surface area (Å²) in [5.41, 5.74) is 2.71. The number of H-pyrrole nitrogens is 1. The number of nitriles is 1. The average molecular weight is 426 g/mol. The van der Waals surface area contributed by atoms with Gasteiger partial charge in [0.25, 0.3) is 0 Å². The number of aromatic amines is 1. The van der Waals surface area contributed by atoms with Crippen molar-refractivity contribution in [3.8, 4) is 17.3 Å². The van der Waals surface area contributed by atoms with Crippen molar-refractivity contribution in [3.63, 3.8) is 0 Å². The molecule has 1 aliphatic rings. The lowest BCUT2D eigenvalue weighted by Gasteiger charge is -2.40. The van der Waals surface area contributed by atoms with Crippen LogP contribution in [0.25, 0.3) is 11.3 Å². The van der Waals surface area contributed by atoms with Crippen LogP contribution in [-0.4, -0.2) is 45.8 Å². The predicted octanol–water partition coefficient (Wildman–Crippen LogP) is 4.07. The highest BCUT2D eigenvalue weighted by molar-refractivity contribution is 5.63. The van der Waals surface area contributed by atoms with E-state index in [1.54, 1.807) is 12.1 Å². The first kappa shape index (κ1) is 20.9. The van der Waals surface area contributed by atoms with E-state index in [1.807, 2.05) is 30.2 Å². The van der Waals surface area contributed by atoms with Crippen LogP contribution in [0.1, 0.15) is 23.6 Å². The summed E-state index contributed by atoms with van der Waals surface area (Å²) in [5, 5.41) is 16.3. The second kappa shape index (κ2) is 8.40. The molecule has 1 aromatic carbocycles.